The van der Waals surface area contributed by atoms with E-state index in [0.717, 1.165) is 12.8 Å². The average Bonchev–Trinajstić information content (AvgIpc) is 2.83. The summed E-state index contributed by atoms with van der Waals surface area (Å²) in [6.07, 6.45) is 3.31. The number of amides is 1. The number of hydrogen-bond donors (Lipinski definition) is 3. The van der Waals surface area contributed by atoms with Crippen molar-refractivity contribution in [2.75, 3.05) is 13.1 Å². The number of aromatic hydroxyl groups is 2. The monoisotopic (exact) mass is 344 g/mol. The van der Waals surface area contributed by atoms with Gasteiger partial charge in [-0.1, -0.05) is 6.42 Å². The van der Waals surface area contributed by atoms with Crippen LogP contribution < -0.4 is 10.2 Å². The zero-order chi connectivity index (χ0) is 17.7. The topological polar surface area (TPSA) is 104 Å². The van der Waals surface area contributed by atoms with Crippen molar-refractivity contribution in [3.63, 3.8) is 0 Å². The molecule has 0 spiro atoms. The molecule has 24 heavy (non-hydrogen) atoms. The molecule has 1 aliphatic rings. The van der Waals surface area contributed by atoms with Gasteiger partial charge in [-0.3, -0.25) is 9.69 Å². The Bertz CT molecular complexity index is 557. The minimum absolute atomic E-state index is 0.0616. The Hall–Kier alpha value is -2.22. The van der Waals surface area contributed by atoms with Crippen LogP contribution in [0.5, 0.6) is 11.8 Å². The molecule has 1 aliphatic heterocycles. The number of hydrogen-bond acceptors (Lipinski definition) is 6. The summed E-state index contributed by atoms with van der Waals surface area (Å²) in [5.74, 6) is -1.55. The number of nitrogens with one attached hydrogen (secondary N) is 1. The van der Waals surface area contributed by atoms with Gasteiger partial charge in [0.05, 0.1) is 13.0 Å². The van der Waals surface area contributed by atoms with E-state index >= 15 is 0 Å². The van der Waals surface area contributed by atoms with Crippen LogP contribution in [0.25, 0.3) is 0 Å². The molecule has 0 radical (unpaired) electrons. The molecule has 134 valence electrons. The zero-order valence-electron chi connectivity index (χ0n) is 14.1. The SMILES string of the molecule is [13CH3][13C@@H]1CCC[13C@H]([13CH3])[15N]1CC(=O)NCCC(=O)On1c(O)ccc1O. The molecule has 0 unspecified atom stereocenters. The van der Waals surface area contributed by atoms with Gasteiger partial charge in [-0.15, -0.1) is 4.73 Å². The Morgan fingerprint density at radius 3 is 2.38 bits per heavy atom. The first-order valence-electron chi connectivity index (χ1n) is 8.21. The molecule has 1 saturated heterocycles. The molecule has 3 N–H and O–H groups in total. The van der Waals surface area contributed by atoms with Gasteiger partial charge in [0, 0.05) is 30.8 Å². The Labute approximate surface area is 141 Å². The van der Waals surface area contributed by atoms with Gasteiger partial charge in [0.1, 0.15) is 0 Å². The van der Waals surface area contributed by atoms with Gasteiger partial charge in [-0.25, -0.2) is 4.79 Å². The molecule has 0 aliphatic carbocycles. The van der Waals surface area contributed by atoms with Crippen molar-refractivity contribution in [1.82, 2.24) is 14.9 Å². The second kappa shape index (κ2) is 8.05. The predicted molar refractivity (Wildman–Crippen MR) is 86.5 cm³/mol. The first-order valence-corrected chi connectivity index (χ1v) is 8.21. The minimum atomic E-state index is -0.670. The molecule has 8 nitrogen and oxygen atoms in total. The maximum absolute atomic E-state index is 12.0. The van der Waals surface area contributed by atoms with E-state index in [1.807, 2.05) is 0 Å². The fourth-order valence-corrected chi connectivity index (χ4v) is 2.95. The van der Waals surface area contributed by atoms with Crippen LogP contribution in [0.15, 0.2) is 12.1 Å². The Morgan fingerprint density at radius 1 is 1.21 bits per heavy atom. The van der Waals surface area contributed by atoms with Crippen LogP contribution in [0.3, 0.4) is 0 Å². The Kier molecular flexibility index (Phi) is 6.08. The lowest BCUT2D eigenvalue weighted by Crippen LogP contribution is -2.48. The van der Waals surface area contributed by atoms with Crippen molar-refractivity contribution < 1.29 is 24.6 Å². The third-order valence-electron chi connectivity index (χ3n) is 4.34. The highest BCUT2D eigenvalue weighted by molar-refractivity contribution is 5.79. The number of likely N-dealkylation sites (tertiary alicyclic amines) is 1. The quantitative estimate of drug-likeness (QED) is 0.516. The third kappa shape index (κ3) is 4.64. The van der Waals surface area contributed by atoms with Crippen LogP contribution in [0.4, 0.5) is 0 Å². The highest BCUT2D eigenvalue weighted by Crippen LogP contribution is 2.21. The van der Waals surface area contributed by atoms with E-state index in [1.165, 1.54) is 18.6 Å². The van der Waals surface area contributed by atoms with Crippen LogP contribution in [-0.2, 0) is 9.59 Å². The lowest BCUT2D eigenvalue weighted by Gasteiger charge is -2.38. The third-order valence-corrected chi connectivity index (χ3v) is 4.34. The molecule has 0 aromatic carbocycles. The van der Waals surface area contributed by atoms with Gasteiger partial charge in [0.15, 0.2) is 0 Å². The number of aromatic nitrogens is 1. The summed E-state index contributed by atoms with van der Waals surface area (Å²) in [4.78, 5) is 30.7. The van der Waals surface area contributed by atoms with E-state index < -0.39 is 5.97 Å². The molecule has 0 saturated carbocycles. The fraction of sp³-hybridized carbons (Fsp3) is 0.625. The zero-order valence-corrected chi connectivity index (χ0v) is 14.1. The second-order valence-electron chi connectivity index (χ2n) is 6.21. The maximum atomic E-state index is 12.0. The van der Waals surface area contributed by atoms with Gasteiger partial charge in [0.2, 0.25) is 17.7 Å². The summed E-state index contributed by atoms with van der Waals surface area (Å²) in [5, 5.41) is 21.4. The number of piperidine rings is 1. The second-order valence-corrected chi connectivity index (χ2v) is 6.21. The molecule has 2 atom stereocenters. The van der Waals surface area contributed by atoms with Gasteiger partial charge < -0.3 is 20.4 Å². The van der Waals surface area contributed by atoms with Gasteiger partial charge in [-0.05, 0) is 26.7 Å². The molecular weight excluding hydrogens is 319 g/mol. The van der Waals surface area contributed by atoms with Crippen LogP contribution >= 0.6 is 0 Å². The average molecular weight is 344 g/mol. The van der Waals surface area contributed by atoms with Crippen molar-refractivity contribution in [2.24, 2.45) is 0 Å². The highest BCUT2D eigenvalue weighted by atomic mass is 16.7. The number of rotatable bonds is 6. The van der Waals surface area contributed by atoms with E-state index in [2.05, 4.69) is 24.1 Å². The smallest absolute Gasteiger partial charge is 0.334 e. The Balaban J connectivity index is 1.71. The van der Waals surface area contributed by atoms with Crippen LogP contribution in [0.1, 0.15) is 39.5 Å². The van der Waals surface area contributed by atoms with Crippen LogP contribution in [0.2, 0.25) is 0 Å². The molecule has 0 bridgehead atoms. The first-order chi connectivity index (χ1) is 11.4. The van der Waals surface area contributed by atoms with Crippen LogP contribution in [-0.4, -0.2) is 56.9 Å². The van der Waals surface area contributed by atoms with E-state index in [9.17, 15) is 19.8 Å². The Morgan fingerprint density at radius 2 is 1.79 bits per heavy atom. The van der Waals surface area contributed by atoms with E-state index in [4.69, 9.17) is 4.84 Å². The van der Waals surface area contributed by atoms with Crippen molar-refractivity contribution in [3.8, 4) is 11.8 Å². The van der Waals surface area contributed by atoms with Crippen LogP contribution in [0, 0.1) is 0 Å². The van der Waals surface area contributed by atoms with Gasteiger partial charge in [0.25, 0.3) is 0 Å². The lowest BCUT2D eigenvalue weighted by molar-refractivity contribution is -0.145. The summed E-state index contributed by atoms with van der Waals surface area (Å²) >= 11 is 0. The largest absolute Gasteiger partial charge is 0.492 e. The van der Waals surface area contributed by atoms with E-state index in [-0.39, 0.29) is 30.6 Å². The van der Waals surface area contributed by atoms with E-state index in [0.29, 0.717) is 23.4 Å². The molecule has 1 amide bonds. The molecular formula is C16H25N3O5. The van der Waals surface area contributed by atoms with E-state index in [1.54, 1.807) is 0 Å². The molecule has 1 aromatic rings. The maximum Gasteiger partial charge on any atom is 0.334 e. The predicted octanol–water partition coefficient (Wildman–Crippen LogP) is 0.624. The number of carbonyl (C=O) groups is 2. The van der Waals surface area contributed by atoms with Crippen molar-refractivity contribution >= 4 is 11.9 Å². The summed E-state index contributed by atoms with van der Waals surface area (Å²) in [7, 11) is 0. The molecule has 1 aromatic heterocycles. The summed E-state index contributed by atoms with van der Waals surface area (Å²) in [6, 6.07) is 3.16. The first kappa shape index (κ1) is 18.1. The summed E-state index contributed by atoms with van der Waals surface area (Å²) in [5.41, 5.74) is 0. The number of nitrogens with zero attached hydrogens (tertiary/aromatic N) is 2. The lowest BCUT2D eigenvalue weighted by atomic mass is 10.3. The summed E-state index contributed by atoms with van der Waals surface area (Å²) < 4.78 is 0.626. The standard InChI is InChI=1S/C16H25N3O5/c1-11-4-3-5-12(2)18(11)10-13(20)17-9-8-16(23)24-19-14(21)6-7-15(19)22/h6-7,11-12,21-22H,3-5,8-10H2,1-2H3,(H,17,20)/t11-,12+/i1+1,2+1,11+1,12+1,18+1. The van der Waals surface area contributed by atoms with Crippen molar-refractivity contribution in [2.45, 2.75) is 51.6 Å². The van der Waals surface area contributed by atoms with Crippen molar-refractivity contribution in [1.29, 1.82) is 0 Å². The number of carbonyl (C=O) groups excluding carboxylic acids is 2. The van der Waals surface area contributed by atoms with Crippen molar-refractivity contribution in [3.05, 3.63) is 12.1 Å². The highest BCUT2D eigenvalue weighted by Gasteiger charge is 2.26. The molecule has 2 rings (SSSR count). The normalized spacial score (nSPS) is 21.4. The summed E-state index contributed by atoms with van der Waals surface area (Å²) in [6.45, 7) is 4.69. The van der Waals surface area contributed by atoms with Gasteiger partial charge in [-0.2, -0.15) is 0 Å². The van der Waals surface area contributed by atoms with Gasteiger partial charge >= 0.3 is 5.97 Å². The molecule has 1 fully saturated rings. The molecule has 8 heteroatoms. The fourth-order valence-electron chi connectivity index (χ4n) is 2.95. The molecule has 2 heterocycles. The minimum Gasteiger partial charge on any atom is -0.492 e.